The minimum atomic E-state index is -2.36. The number of halogens is 1. The van der Waals surface area contributed by atoms with Gasteiger partial charge < -0.3 is 4.74 Å². The molecule has 1 fully saturated rings. The van der Waals surface area contributed by atoms with Crippen molar-refractivity contribution in [3.63, 3.8) is 0 Å². The molecule has 14 heteroatoms. The fourth-order valence-corrected chi connectivity index (χ4v) is 7.39. The van der Waals surface area contributed by atoms with Crippen LogP contribution in [-0.4, -0.2) is 119 Å². The first-order chi connectivity index (χ1) is 20.2. The molecule has 0 saturated carbocycles. The van der Waals surface area contributed by atoms with E-state index < -0.39 is 75.3 Å². The Morgan fingerprint density at radius 3 is 2.63 bits per heavy atom. The summed E-state index contributed by atoms with van der Waals surface area (Å²) in [6.07, 6.45) is 1.63. The average Bonchev–Trinajstić information content (AvgIpc) is 3.35. The van der Waals surface area contributed by atoms with Crippen LogP contribution in [0.1, 0.15) is 35.2 Å². The Labute approximate surface area is 248 Å². The van der Waals surface area contributed by atoms with Crippen LogP contribution < -0.4 is 11.1 Å². The number of fused-ring (bicyclic) bond motifs is 3. The van der Waals surface area contributed by atoms with Crippen molar-refractivity contribution >= 4 is 36.2 Å². The van der Waals surface area contributed by atoms with Crippen LogP contribution in [-0.2, 0) is 20.7 Å². The molecule has 12 nitrogen and oxygen atoms in total. The van der Waals surface area contributed by atoms with Crippen molar-refractivity contribution in [3.05, 3.63) is 45.7 Å². The number of likely N-dealkylation sites (N-methyl/N-ethyl adjacent to an activating group) is 1. The number of nitrogens with two attached hydrogens (primary N) is 1. The summed E-state index contributed by atoms with van der Waals surface area (Å²) in [4.78, 5) is 42.5. The fraction of sp³-hybridized carbons (Fsp3) is 0.517. The molecule has 230 valence electrons. The van der Waals surface area contributed by atoms with Gasteiger partial charge in [-0.3, -0.25) is 0 Å². The predicted molar refractivity (Wildman–Crippen MR) is 156 cm³/mol. The molecule has 0 unspecified atom stereocenters. The molecule has 0 bridgehead atoms. The van der Waals surface area contributed by atoms with Crippen molar-refractivity contribution in [2.24, 2.45) is 17.6 Å². The van der Waals surface area contributed by atoms with Crippen LogP contribution in [0.15, 0.2) is 28.7 Å². The van der Waals surface area contributed by atoms with Gasteiger partial charge in [-0.25, -0.2) is 0 Å². The van der Waals surface area contributed by atoms with Crippen molar-refractivity contribution < 1.29 is 43.9 Å². The van der Waals surface area contributed by atoms with Crippen LogP contribution in [0, 0.1) is 17.7 Å². The number of phenols is 1. The average molecular weight is 598 g/mol. The zero-order valence-corrected chi connectivity index (χ0v) is 24.3. The van der Waals surface area contributed by atoms with Gasteiger partial charge in [0.05, 0.1) is 6.61 Å². The summed E-state index contributed by atoms with van der Waals surface area (Å²) < 4.78 is 20.8. The van der Waals surface area contributed by atoms with Crippen molar-refractivity contribution in [1.82, 2.24) is 9.80 Å². The van der Waals surface area contributed by atoms with Gasteiger partial charge in [0.2, 0.25) is 0 Å². The predicted octanol–water partition coefficient (Wildman–Crippen LogP) is -0.187. The third kappa shape index (κ3) is 4.76. The van der Waals surface area contributed by atoms with Crippen molar-refractivity contribution in [3.8, 4) is 5.75 Å². The van der Waals surface area contributed by atoms with E-state index >= 15 is 4.39 Å². The minimum absolute atomic E-state index is 0.00376. The number of carbonyl (C=O) groups is 3. The molecule has 2 amide bonds. The van der Waals surface area contributed by atoms with Crippen LogP contribution in [0.5, 0.6) is 5.75 Å². The summed E-state index contributed by atoms with van der Waals surface area (Å²) >= 11 is 0. The van der Waals surface area contributed by atoms with Gasteiger partial charge in [0.1, 0.15) is 0 Å². The Kier molecular flexibility index (Phi) is 8.01. The number of likely N-dealkylation sites (tertiary alicyclic amines) is 1. The maximum absolute atomic E-state index is 15.5. The summed E-state index contributed by atoms with van der Waals surface area (Å²) in [6.45, 7) is 1.10. The molecule has 43 heavy (non-hydrogen) atoms. The number of amides is 2. The fourth-order valence-electron chi connectivity index (χ4n) is 7.39. The van der Waals surface area contributed by atoms with E-state index in [0.29, 0.717) is 13.2 Å². The second-order valence-electron chi connectivity index (χ2n) is 12.0. The van der Waals surface area contributed by atoms with Gasteiger partial charge in [-0.15, -0.1) is 0 Å². The topological polar surface area (TPSA) is 186 Å². The number of nitrogens with one attached hydrogen (secondary N) is 1. The molecule has 1 aromatic rings. The Morgan fingerprint density at radius 1 is 1.30 bits per heavy atom. The van der Waals surface area contributed by atoms with Gasteiger partial charge >= 0.3 is 205 Å². The first-order valence-corrected chi connectivity index (χ1v) is 14.1. The van der Waals surface area contributed by atoms with Crippen LogP contribution in [0.4, 0.5) is 10.1 Å². The molecule has 1 aliphatic heterocycles. The number of benzene rings is 1. The van der Waals surface area contributed by atoms with Crippen molar-refractivity contribution in [2.45, 2.75) is 43.4 Å². The van der Waals surface area contributed by atoms with E-state index in [9.17, 15) is 34.8 Å². The van der Waals surface area contributed by atoms with E-state index in [1.54, 1.807) is 21.2 Å². The van der Waals surface area contributed by atoms with Gasteiger partial charge in [-0.05, 0) is 19.4 Å². The molecule has 4 aliphatic rings. The van der Waals surface area contributed by atoms with Gasteiger partial charge in [-0.1, -0.05) is 0 Å². The molecule has 1 aromatic carbocycles. The van der Waals surface area contributed by atoms with E-state index in [1.807, 2.05) is 4.90 Å². The summed E-state index contributed by atoms with van der Waals surface area (Å²) in [6, 6.07) is 0.0169. The summed E-state index contributed by atoms with van der Waals surface area (Å²) in [5, 5.41) is 48.1. The zero-order chi connectivity index (χ0) is 31.5. The van der Waals surface area contributed by atoms with Crippen LogP contribution in [0.3, 0.4) is 0 Å². The van der Waals surface area contributed by atoms with Crippen molar-refractivity contribution in [2.75, 3.05) is 46.2 Å². The summed E-state index contributed by atoms with van der Waals surface area (Å²) in [5.74, 6) is -7.04. The number of methoxy groups -OCH3 is 1. The molecule has 3 aliphatic carbocycles. The number of nitrogens with zero attached hydrogens (tertiary/aromatic N) is 2. The van der Waals surface area contributed by atoms with E-state index in [0.717, 1.165) is 18.9 Å². The molecule has 0 radical (unpaired) electrons. The number of aromatic hydroxyl groups is 1. The number of hydrogen-bond acceptors (Lipinski definition) is 10. The quantitative estimate of drug-likeness (QED) is 0.182. The third-order valence-corrected chi connectivity index (χ3v) is 9.34. The molecule has 0 aromatic heterocycles. The molecule has 1 heterocycles. The van der Waals surface area contributed by atoms with E-state index in [4.69, 9.17) is 10.5 Å². The molecule has 1 saturated heterocycles. The monoisotopic (exact) mass is 598 g/mol. The number of aliphatic hydroxyl groups is 3. The van der Waals surface area contributed by atoms with E-state index in [-0.39, 0.29) is 47.7 Å². The van der Waals surface area contributed by atoms with Crippen molar-refractivity contribution in [1.29, 1.82) is 0 Å². The number of primary amides is 1. The first kappa shape index (κ1) is 30.9. The number of Topliss-reactive ketones (excluding diaryl/α,β-unsaturated/α-hetero) is 1. The Bertz CT molecular complexity index is 1490. The molecule has 5 atom stereocenters. The van der Waals surface area contributed by atoms with E-state index in [2.05, 4.69) is 12.8 Å². The van der Waals surface area contributed by atoms with Gasteiger partial charge in [0.15, 0.2) is 0 Å². The number of anilines is 1. The van der Waals surface area contributed by atoms with Crippen LogP contribution in [0.25, 0.3) is 0 Å². The molecule has 5 rings (SSSR count). The Morgan fingerprint density at radius 2 is 2.00 bits per heavy atom. The number of phenolic OH excluding ortho intramolecular Hbond substituents is 1. The molecule has 7 N–H and O–H groups in total. The molecule has 0 spiro atoms. The van der Waals surface area contributed by atoms with Gasteiger partial charge in [0.25, 0.3) is 0 Å². The second-order valence-corrected chi connectivity index (χ2v) is 12.0. The van der Waals surface area contributed by atoms with Gasteiger partial charge in [0, 0.05) is 13.2 Å². The molecular weight excluding hydrogens is 562 g/mol. The normalized spacial score (nSPS) is 29.0. The number of rotatable bonds is 7. The van der Waals surface area contributed by atoms with Gasteiger partial charge in [-0.2, -0.15) is 0 Å². The van der Waals surface area contributed by atoms with Crippen LogP contribution >= 0.6 is 0 Å². The Balaban J connectivity index is 1.53. The van der Waals surface area contributed by atoms with E-state index in [1.165, 1.54) is 4.90 Å². The number of ether oxygens (including phenoxy) is 1. The number of ketones is 1. The third-order valence-electron chi connectivity index (χ3n) is 9.34. The van der Waals surface area contributed by atoms with Crippen LogP contribution in [0.2, 0.25) is 0 Å². The maximum atomic E-state index is 15.5. The standard InChI is InChI=1S/C29H36BFN4O8/c1-34(2)22-15-8-12-7-14-16(31)9-17(33-18(36)10-35-6-4-5-13(35)11-43-3)23(37)20(14)24(38)19(12)27(40)29(15,42)26(30)21(25(22)39)28(32)41/h9,12-13,15,22,30,37,39-40,42H,4-8,10-11H2,1-3H3,(H2,32,41)(H,33,36)/t12-,13+,15-,22-,29+/m0/s1. The number of aliphatic hydroxyl groups excluding tert-OH is 2. The first-order valence-electron chi connectivity index (χ1n) is 14.1. The number of hydrogen-bond donors (Lipinski definition) is 6. The Hall–Kier alpha value is -3.59. The number of allylic oxidation sites excluding steroid dienone is 1. The SMILES string of the molecule is B=C1C(C(N)=O)=C(O)[C@@H](N(C)C)[C@@H]2C[C@@H]3Cc4c(F)cc(NC(=O)CN5CCC[C@@H]5COC)c(O)c4C(=O)C3=C(O)[C@]12O. The summed E-state index contributed by atoms with van der Waals surface area (Å²) in [5.41, 5.74) is 1.20. The number of carbonyl (C=O) groups excluding carboxylic acids is 3. The summed E-state index contributed by atoms with van der Waals surface area (Å²) in [7, 11) is 8.52. The molecular formula is C29H36BFN4O8. The zero-order valence-electron chi connectivity index (χ0n) is 24.3. The second kappa shape index (κ2) is 11.2.